The second-order valence-corrected chi connectivity index (χ2v) is 5.97. The molecule has 120 valence electrons. The highest BCUT2D eigenvalue weighted by atomic mass is 16.5. The topological polar surface area (TPSA) is 58.6 Å². The smallest absolute Gasteiger partial charge is 0.411 e. The fraction of sp³-hybridized carbons (Fsp3) is 0.316. The van der Waals surface area contributed by atoms with E-state index in [-0.39, 0.29) is 12.7 Å². The number of aliphatic hydroxyl groups excluding tert-OH is 1. The Hall–Kier alpha value is -2.33. The Morgan fingerprint density at radius 1 is 1.09 bits per heavy atom. The van der Waals surface area contributed by atoms with Gasteiger partial charge >= 0.3 is 6.09 Å². The molecule has 2 aromatic rings. The van der Waals surface area contributed by atoms with Gasteiger partial charge in [0.1, 0.15) is 6.61 Å². The first-order valence-corrected chi connectivity index (χ1v) is 7.96. The van der Waals surface area contributed by atoms with Crippen molar-refractivity contribution in [3.05, 3.63) is 65.7 Å². The molecule has 1 fully saturated rings. The number of ether oxygens (including phenoxy) is 1. The minimum atomic E-state index is -0.460. The predicted octanol–water partition coefficient (Wildman–Crippen LogP) is 4.06. The number of benzene rings is 2. The molecule has 1 amide bonds. The Balaban J connectivity index is 1.50. The standard InChI is InChI=1S/C19H21NO3/c21-18-11-8-16(12-18)15-6-9-17(10-7-15)20-19(22)23-13-14-4-2-1-3-5-14/h1-7,9-10,16,18,21H,8,11-13H2,(H,20,22)/t16-,18-/m0/s1. The maximum absolute atomic E-state index is 11.8. The third-order valence-electron chi connectivity index (χ3n) is 4.25. The minimum absolute atomic E-state index is 0.175. The van der Waals surface area contributed by atoms with Crippen LogP contribution >= 0.6 is 0 Å². The van der Waals surface area contributed by atoms with Crippen molar-refractivity contribution in [3.8, 4) is 0 Å². The maximum Gasteiger partial charge on any atom is 0.411 e. The lowest BCUT2D eigenvalue weighted by molar-refractivity contribution is 0.155. The quantitative estimate of drug-likeness (QED) is 0.895. The normalized spacial score (nSPS) is 20.2. The van der Waals surface area contributed by atoms with E-state index >= 15 is 0 Å². The molecule has 3 rings (SSSR count). The largest absolute Gasteiger partial charge is 0.444 e. The monoisotopic (exact) mass is 311 g/mol. The third kappa shape index (κ3) is 4.33. The van der Waals surface area contributed by atoms with E-state index in [1.54, 1.807) is 0 Å². The number of aliphatic hydroxyl groups is 1. The zero-order valence-electron chi connectivity index (χ0n) is 12.9. The van der Waals surface area contributed by atoms with Crippen molar-refractivity contribution in [1.29, 1.82) is 0 Å². The molecule has 0 aromatic heterocycles. The Bertz CT molecular complexity index is 639. The molecular formula is C19H21NO3. The molecule has 0 heterocycles. The van der Waals surface area contributed by atoms with Crippen LogP contribution in [-0.4, -0.2) is 17.3 Å². The van der Waals surface area contributed by atoms with Crippen LogP contribution in [0.1, 0.15) is 36.3 Å². The van der Waals surface area contributed by atoms with E-state index in [2.05, 4.69) is 5.32 Å². The zero-order chi connectivity index (χ0) is 16.1. The van der Waals surface area contributed by atoms with E-state index in [4.69, 9.17) is 4.74 Å². The van der Waals surface area contributed by atoms with Crippen LogP contribution in [0.15, 0.2) is 54.6 Å². The molecule has 0 saturated heterocycles. The number of carbonyl (C=O) groups excluding carboxylic acids is 1. The number of hydrogen-bond donors (Lipinski definition) is 2. The molecule has 23 heavy (non-hydrogen) atoms. The fourth-order valence-corrected chi connectivity index (χ4v) is 2.98. The van der Waals surface area contributed by atoms with Gasteiger partial charge in [-0.15, -0.1) is 0 Å². The van der Waals surface area contributed by atoms with E-state index in [1.807, 2.05) is 54.6 Å². The van der Waals surface area contributed by atoms with Gasteiger partial charge in [-0.05, 0) is 48.4 Å². The molecule has 1 aliphatic rings. The number of amides is 1. The van der Waals surface area contributed by atoms with Crippen LogP contribution in [0.3, 0.4) is 0 Å². The van der Waals surface area contributed by atoms with Crippen LogP contribution in [0.2, 0.25) is 0 Å². The molecule has 4 nitrogen and oxygen atoms in total. The molecule has 0 unspecified atom stereocenters. The number of hydrogen-bond acceptors (Lipinski definition) is 3. The average molecular weight is 311 g/mol. The van der Waals surface area contributed by atoms with Crippen LogP contribution in [0.4, 0.5) is 10.5 Å². The van der Waals surface area contributed by atoms with Gasteiger partial charge in [0, 0.05) is 5.69 Å². The highest BCUT2D eigenvalue weighted by Crippen LogP contribution is 2.34. The van der Waals surface area contributed by atoms with Gasteiger partial charge in [0.05, 0.1) is 6.10 Å². The third-order valence-corrected chi connectivity index (χ3v) is 4.25. The first-order valence-electron chi connectivity index (χ1n) is 7.96. The minimum Gasteiger partial charge on any atom is -0.444 e. The number of carbonyl (C=O) groups is 1. The first-order chi connectivity index (χ1) is 11.2. The van der Waals surface area contributed by atoms with Crippen molar-refractivity contribution in [2.24, 2.45) is 0 Å². The van der Waals surface area contributed by atoms with E-state index in [9.17, 15) is 9.90 Å². The van der Waals surface area contributed by atoms with Gasteiger partial charge in [0.15, 0.2) is 0 Å². The molecule has 0 aliphatic heterocycles. The molecule has 0 spiro atoms. The van der Waals surface area contributed by atoms with Gasteiger partial charge in [-0.1, -0.05) is 42.5 Å². The molecule has 1 saturated carbocycles. The zero-order valence-corrected chi connectivity index (χ0v) is 12.9. The van der Waals surface area contributed by atoms with E-state index in [0.717, 1.165) is 24.8 Å². The van der Waals surface area contributed by atoms with Crippen molar-refractivity contribution in [1.82, 2.24) is 0 Å². The van der Waals surface area contributed by atoms with Crippen molar-refractivity contribution < 1.29 is 14.6 Å². The molecule has 0 radical (unpaired) electrons. The summed E-state index contributed by atoms with van der Waals surface area (Å²) in [6.45, 7) is 0.255. The highest BCUT2D eigenvalue weighted by molar-refractivity contribution is 5.84. The van der Waals surface area contributed by atoms with Crippen molar-refractivity contribution >= 4 is 11.8 Å². The Morgan fingerprint density at radius 3 is 2.48 bits per heavy atom. The van der Waals surface area contributed by atoms with E-state index < -0.39 is 6.09 Å². The van der Waals surface area contributed by atoms with Crippen molar-refractivity contribution in [3.63, 3.8) is 0 Å². The van der Waals surface area contributed by atoms with E-state index in [1.165, 1.54) is 5.56 Å². The Kier molecular flexibility index (Phi) is 4.93. The van der Waals surface area contributed by atoms with Gasteiger partial charge in [0.25, 0.3) is 0 Å². The summed E-state index contributed by atoms with van der Waals surface area (Å²) in [5.41, 5.74) is 2.88. The molecule has 2 atom stereocenters. The number of anilines is 1. The summed E-state index contributed by atoms with van der Waals surface area (Å²) in [5, 5.41) is 12.3. The summed E-state index contributed by atoms with van der Waals surface area (Å²) < 4.78 is 5.19. The molecule has 4 heteroatoms. The van der Waals surface area contributed by atoms with Crippen molar-refractivity contribution in [2.45, 2.75) is 37.9 Å². The van der Waals surface area contributed by atoms with Crippen LogP contribution in [0.5, 0.6) is 0 Å². The van der Waals surface area contributed by atoms with Gasteiger partial charge < -0.3 is 9.84 Å². The fourth-order valence-electron chi connectivity index (χ4n) is 2.98. The summed E-state index contributed by atoms with van der Waals surface area (Å²) in [6, 6.07) is 17.4. The van der Waals surface area contributed by atoms with E-state index in [0.29, 0.717) is 11.6 Å². The summed E-state index contributed by atoms with van der Waals surface area (Å²) in [4.78, 5) is 11.8. The average Bonchev–Trinajstić information content (AvgIpc) is 3.01. The SMILES string of the molecule is O=C(Nc1ccc([C@H]2CC[C@H](O)C2)cc1)OCc1ccccc1. The molecule has 2 aromatic carbocycles. The molecule has 1 aliphatic carbocycles. The Morgan fingerprint density at radius 2 is 1.83 bits per heavy atom. The first kappa shape index (κ1) is 15.6. The molecular weight excluding hydrogens is 290 g/mol. The van der Waals surface area contributed by atoms with Crippen LogP contribution < -0.4 is 5.32 Å². The Labute approximate surface area is 136 Å². The number of rotatable bonds is 4. The second kappa shape index (κ2) is 7.29. The van der Waals surface area contributed by atoms with Gasteiger partial charge in [-0.3, -0.25) is 5.32 Å². The predicted molar refractivity (Wildman–Crippen MR) is 89.3 cm³/mol. The summed E-state index contributed by atoms with van der Waals surface area (Å²) in [6.07, 6.45) is 2.08. The lowest BCUT2D eigenvalue weighted by atomic mass is 9.97. The summed E-state index contributed by atoms with van der Waals surface area (Å²) in [5.74, 6) is 0.420. The number of nitrogens with one attached hydrogen (secondary N) is 1. The molecule has 2 N–H and O–H groups in total. The van der Waals surface area contributed by atoms with Crippen LogP contribution in [0.25, 0.3) is 0 Å². The van der Waals surface area contributed by atoms with Crippen LogP contribution in [-0.2, 0) is 11.3 Å². The van der Waals surface area contributed by atoms with Gasteiger partial charge in [0.2, 0.25) is 0 Å². The lowest BCUT2D eigenvalue weighted by Gasteiger charge is -2.11. The van der Waals surface area contributed by atoms with Crippen molar-refractivity contribution in [2.75, 3.05) is 5.32 Å². The lowest BCUT2D eigenvalue weighted by Crippen LogP contribution is -2.13. The highest BCUT2D eigenvalue weighted by Gasteiger charge is 2.23. The van der Waals surface area contributed by atoms with Crippen LogP contribution in [0, 0.1) is 0 Å². The summed E-state index contributed by atoms with van der Waals surface area (Å²) in [7, 11) is 0. The van der Waals surface area contributed by atoms with Gasteiger partial charge in [-0.25, -0.2) is 4.79 Å². The molecule has 0 bridgehead atoms. The maximum atomic E-state index is 11.8. The van der Waals surface area contributed by atoms with Gasteiger partial charge in [-0.2, -0.15) is 0 Å². The second-order valence-electron chi connectivity index (χ2n) is 5.97. The summed E-state index contributed by atoms with van der Waals surface area (Å²) >= 11 is 0.